The second-order valence-corrected chi connectivity index (χ2v) is 7.48. The molecule has 28 heavy (non-hydrogen) atoms. The summed E-state index contributed by atoms with van der Waals surface area (Å²) in [6.07, 6.45) is 1.57. The van der Waals surface area contributed by atoms with E-state index in [0.717, 1.165) is 0 Å². The number of aliphatic imine (C=N–C) groups is 1. The summed E-state index contributed by atoms with van der Waals surface area (Å²) in [4.78, 5) is 4.34. The highest BCUT2D eigenvalue weighted by Gasteiger charge is 2.14. The Morgan fingerprint density at radius 3 is 2.36 bits per heavy atom. The van der Waals surface area contributed by atoms with Crippen molar-refractivity contribution in [2.75, 3.05) is 11.8 Å². The molecule has 3 aromatic rings. The van der Waals surface area contributed by atoms with Crippen LogP contribution in [0.5, 0.6) is 11.5 Å². The van der Waals surface area contributed by atoms with E-state index < -0.39 is 15.8 Å². The molecule has 0 aliphatic heterocycles. The average Bonchev–Trinajstić information content (AvgIpc) is 2.69. The molecule has 0 saturated carbocycles. The Kier molecular flexibility index (Phi) is 5.60. The minimum atomic E-state index is -3.79. The van der Waals surface area contributed by atoms with Crippen LogP contribution in [0.2, 0.25) is 0 Å². The first-order valence-corrected chi connectivity index (χ1v) is 9.65. The van der Waals surface area contributed by atoms with E-state index in [9.17, 15) is 17.9 Å². The SMILES string of the molecule is COc1cc(C=Nc2ccc(S(=O)(=O)Nc3ccc(F)cc3)cc2)ccc1O. The van der Waals surface area contributed by atoms with Gasteiger partial charge in [-0.3, -0.25) is 9.71 Å². The second-order valence-electron chi connectivity index (χ2n) is 5.80. The number of sulfonamides is 1. The quantitative estimate of drug-likeness (QED) is 0.610. The van der Waals surface area contributed by atoms with Crippen LogP contribution >= 0.6 is 0 Å². The Morgan fingerprint density at radius 2 is 1.71 bits per heavy atom. The Morgan fingerprint density at radius 1 is 1.04 bits per heavy atom. The maximum atomic E-state index is 12.9. The van der Waals surface area contributed by atoms with Gasteiger partial charge in [0.2, 0.25) is 0 Å². The molecule has 0 heterocycles. The second kappa shape index (κ2) is 8.10. The zero-order valence-electron chi connectivity index (χ0n) is 14.8. The maximum absolute atomic E-state index is 12.9. The number of nitrogens with zero attached hydrogens (tertiary/aromatic N) is 1. The molecule has 0 saturated heterocycles. The van der Waals surface area contributed by atoms with Crippen molar-refractivity contribution in [3.63, 3.8) is 0 Å². The number of rotatable bonds is 6. The van der Waals surface area contributed by atoms with Gasteiger partial charge in [-0.1, -0.05) is 0 Å². The molecular weight excluding hydrogens is 383 g/mol. The van der Waals surface area contributed by atoms with E-state index in [2.05, 4.69) is 9.71 Å². The van der Waals surface area contributed by atoms with Crippen LogP contribution in [-0.2, 0) is 10.0 Å². The maximum Gasteiger partial charge on any atom is 0.261 e. The molecule has 0 radical (unpaired) electrons. The predicted molar refractivity (Wildman–Crippen MR) is 106 cm³/mol. The number of hydrogen-bond acceptors (Lipinski definition) is 5. The number of hydrogen-bond donors (Lipinski definition) is 2. The van der Waals surface area contributed by atoms with Gasteiger partial charge in [-0.05, 0) is 72.3 Å². The third kappa shape index (κ3) is 4.66. The van der Waals surface area contributed by atoms with Crippen LogP contribution in [0.4, 0.5) is 15.8 Å². The lowest BCUT2D eigenvalue weighted by molar-refractivity contribution is 0.373. The number of benzene rings is 3. The molecule has 0 amide bonds. The number of phenols is 1. The fraction of sp³-hybridized carbons (Fsp3) is 0.0500. The first-order valence-electron chi connectivity index (χ1n) is 8.17. The Labute approximate surface area is 162 Å². The van der Waals surface area contributed by atoms with Gasteiger partial charge in [0.1, 0.15) is 5.82 Å². The van der Waals surface area contributed by atoms with Gasteiger partial charge in [0.25, 0.3) is 10.0 Å². The van der Waals surface area contributed by atoms with Crippen molar-refractivity contribution < 1.29 is 22.7 Å². The molecule has 0 aliphatic carbocycles. The molecule has 0 spiro atoms. The van der Waals surface area contributed by atoms with Crippen LogP contribution in [0, 0.1) is 5.82 Å². The third-order valence-electron chi connectivity index (χ3n) is 3.81. The molecule has 0 unspecified atom stereocenters. The average molecular weight is 400 g/mol. The lowest BCUT2D eigenvalue weighted by Gasteiger charge is -2.08. The van der Waals surface area contributed by atoms with Gasteiger partial charge < -0.3 is 9.84 Å². The number of methoxy groups -OCH3 is 1. The van der Waals surface area contributed by atoms with Gasteiger partial charge in [-0.15, -0.1) is 0 Å². The van der Waals surface area contributed by atoms with Crippen LogP contribution in [0.3, 0.4) is 0 Å². The van der Waals surface area contributed by atoms with Gasteiger partial charge in [0.15, 0.2) is 11.5 Å². The van der Waals surface area contributed by atoms with Crippen LogP contribution in [0.25, 0.3) is 0 Å². The topological polar surface area (TPSA) is 88.0 Å². The number of anilines is 1. The number of aromatic hydroxyl groups is 1. The summed E-state index contributed by atoms with van der Waals surface area (Å²) in [5.41, 5.74) is 1.53. The molecule has 3 aromatic carbocycles. The van der Waals surface area contributed by atoms with Gasteiger partial charge in [0.05, 0.1) is 17.7 Å². The largest absolute Gasteiger partial charge is 0.504 e. The van der Waals surface area contributed by atoms with E-state index in [1.54, 1.807) is 30.5 Å². The zero-order valence-corrected chi connectivity index (χ0v) is 15.7. The monoisotopic (exact) mass is 400 g/mol. The summed E-state index contributed by atoms with van der Waals surface area (Å²) in [6.45, 7) is 0. The highest BCUT2D eigenvalue weighted by Crippen LogP contribution is 2.26. The lowest BCUT2D eigenvalue weighted by atomic mass is 10.2. The number of halogens is 1. The Hall–Kier alpha value is -3.39. The summed E-state index contributed by atoms with van der Waals surface area (Å²) in [7, 11) is -2.34. The fourth-order valence-corrected chi connectivity index (χ4v) is 3.43. The highest BCUT2D eigenvalue weighted by molar-refractivity contribution is 7.92. The van der Waals surface area contributed by atoms with E-state index in [0.29, 0.717) is 17.0 Å². The molecule has 0 bridgehead atoms. The van der Waals surface area contributed by atoms with Crippen LogP contribution in [-0.4, -0.2) is 26.8 Å². The van der Waals surface area contributed by atoms with Crippen LogP contribution in [0.15, 0.2) is 76.6 Å². The highest BCUT2D eigenvalue weighted by atomic mass is 32.2. The van der Waals surface area contributed by atoms with E-state index in [4.69, 9.17) is 4.74 Å². The van der Waals surface area contributed by atoms with E-state index in [1.165, 1.54) is 49.6 Å². The molecule has 6 nitrogen and oxygen atoms in total. The summed E-state index contributed by atoms with van der Waals surface area (Å²) < 4.78 is 45.2. The van der Waals surface area contributed by atoms with Crippen LogP contribution < -0.4 is 9.46 Å². The van der Waals surface area contributed by atoms with Crippen molar-refractivity contribution in [1.82, 2.24) is 0 Å². The predicted octanol–water partition coefficient (Wildman–Crippen LogP) is 4.09. The minimum absolute atomic E-state index is 0.0304. The van der Waals surface area contributed by atoms with Gasteiger partial charge in [0, 0.05) is 11.9 Å². The lowest BCUT2D eigenvalue weighted by Crippen LogP contribution is -2.12. The molecule has 3 rings (SSSR count). The first-order chi connectivity index (χ1) is 13.4. The van der Waals surface area contributed by atoms with E-state index >= 15 is 0 Å². The molecule has 2 N–H and O–H groups in total. The van der Waals surface area contributed by atoms with Crippen molar-refractivity contribution in [2.24, 2.45) is 4.99 Å². The first kappa shape index (κ1) is 19.4. The Bertz CT molecular complexity index is 1100. The fourth-order valence-electron chi connectivity index (χ4n) is 2.37. The molecule has 144 valence electrons. The normalized spacial score (nSPS) is 11.5. The number of ether oxygens (including phenoxy) is 1. The van der Waals surface area contributed by atoms with Crippen molar-refractivity contribution >= 4 is 27.6 Å². The van der Waals surface area contributed by atoms with E-state index in [1.807, 2.05) is 0 Å². The zero-order chi connectivity index (χ0) is 20.1. The van der Waals surface area contributed by atoms with Crippen LogP contribution in [0.1, 0.15) is 5.56 Å². The van der Waals surface area contributed by atoms with E-state index in [-0.39, 0.29) is 16.3 Å². The molecule has 0 aliphatic rings. The summed E-state index contributed by atoms with van der Waals surface area (Å²) >= 11 is 0. The van der Waals surface area contributed by atoms with Gasteiger partial charge in [-0.25, -0.2) is 12.8 Å². The molecule has 8 heteroatoms. The van der Waals surface area contributed by atoms with Gasteiger partial charge >= 0.3 is 0 Å². The molecule has 0 atom stereocenters. The Balaban J connectivity index is 1.74. The van der Waals surface area contributed by atoms with Crippen molar-refractivity contribution in [3.05, 3.63) is 78.1 Å². The molecular formula is C20H17FN2O4S. The van der Waals surface area contributed by atoms with Crippen molar-refractivity contribution in [1.29, 1.82) is 0 Å². The molecule has 0 fully saturated rings. The molecule has 0 aromatic heterocycles. The number of nitrogens with one attached hydrogen (secondary N) is 1. The summed E-state index contributed by atoms with van der Waals surface area (Å²) in [5.74, 6) is -0.0865. The number of phenolic OH excluding ortho intramolecular Hbond substituents is 1. The smallest absolute Gasteiger partial charge is 0.261 e. The van der Waals surface area contributed by atoms with Gasteiger partial charge in [-0.2, -0.15) is 0 Å². The minimum Gasteiger partial charge on any atom is -0.504 e. The van der Waals surface area contributed by atoms with Crippen molar-refractivity contribution in [2.45, 2.75) is 4.90 Å². The summed E-state index contributed by atoms with van der Waals surface area (Å²) in [6, 6.07) is 15.8. The third-order valence-corrected chi connectivity index (χ3v) is 5.21. The summed E-state index contributed by atoms with van der Waals surface area (Å²) in [5, 5.41) is 9.60. The standard InChI is InChI=1S/C20H17FN2O4S/c1-27-20-12-14(2-11-19(20)24)13-22-16-7-9-18(10-8-16)28(25,26)23-17-5-3-15(21)4-6-17/h2-13,23-24H,1H3. The van der Waals surface area contributed by atoms with Crippen molar-refractivity contribution in [3.8, 4) is 11.5 Å².